The predicted octanol–water partition coefficient (Wildman–Crippen LogP) is 3.37. The van der Waals surface area contributed by atoms with E-state index < -0.39 is 5.97 Å². The van der Waals surface area contributed by atoms with Crippen LogP contribution in [0.1, 0.15) is 36.2 Å². The summed E-state index contributed by atoms with van der Waals surface area (Å²) in [4.78, 5) is 22.3. The Balaban J connectivity index is 1.82. The number of carbonyl (C=O) groups is 2. The Morgan fingerprint density at radius 1 is 1.22 bits per heavy atom. The van der Waals surface area contributed by atoms with Crippen LogP contribution in [0.4, 0.5) is 0 Å². The van der Waals surface area contributed by atoms with E-state index in [1.165, 1.54) is 0 Å². The molecule has 2 rings (SSSR count). The van der Waals surface area contributed by atoms with Crippen LogP contribution in [0.25, 0.3) is 11.3 Å². The molecule has 0 saturated heterocycles. The number of carbonyl (C=O) groups excluding carboxylic acids is 1. The van der Waals surface area contributed by atoms with E-state index >= 15 is 0 Å². The van der Waals surface area contributed by atoms with Crippen molar-refractivity contribution < 1.29 is 19.2 Å². The maximum absolute atomic E-state index is 12.0. The van der Waals surface area contributed by atoms with Crippen molar-refractivity contribution in [3.05, 3.63) is 41.0 Å². The first-order chi connectivity index (χ1) is 11.1. The smallest absolute Gasteiger partial charge is 0.303 e. The van der Waals surface area contributed by atoms with Crippen LogP contribution in [0.15, 0.2) is 34.9 Å². The normalized spacial score (nSPS) is 10.5. The Kier molecular flexibility index (Phi) is 6.17. The van der Waals surface area contributed by atoms with Gasteiger partial charge >= 0.3 is 5.97 Å². The number of benzene rings is 1. The second kappa shape index (κ2) is 8.33. The van der Waals surface area contributed by atoms with Crippen LogP contribution in [0.2, 0.25) is 5.02 Å². The van der Waals surface area contributed by atoms with E-state index in [0.717, 1.165) is 6.42 Å². The van der Waals surface area contributed by atoms with Crippen LogP contribution in [0.5, 0.6) is 0 Å². The summed E-state index contributed by atoms with van der Waals surface area (Å²) in [6, 6.07) is 8.69. The van der Waals surface area contributed by atoms with Gasteiger partial charge in [0.25, 0.3) is 5.91 Å². The van der Waals surface area contributed by atoms with Crippen molar-refractivity contribution in [2.45, 2.75) is 25.7 Å². The summed E-state index contributed by atoms with van der Waals surface area (Å²) in [5.74, 6) is -0.698. The molecule has 0 aliphatic heterocycles. The molecule has 0 spiro atoms. The average Bonchev–Trinajstić information content (AvgIpc) is 3.00. The van der Waals surface area contributed by atoms with Crippen LogP contribution in [-0.2, 0) is 4.79 Å². The van der Waals surface area contributed by atoms with Gasteiger partial charge in [-0.15, -0.1) is 0 Å². The summed E-state index contributed by atoms with van der Waals surface area (Å²) in [6.07, 6.45) is 2.22. The van der Waals surface area contributed by atoms with Gasteiger partial charge in [-0.3, -0.25) is 9.59 Å². The van der Waals surface area contributed by atoms with Gasteiger partial charge in [-0.05, 0) is 25.0 Å². The van der Waals surface area contributed by atoms with Crippen molar-refractivity contribution in [3.63, 3.8) is 0 Å². The van der Waals surface area contributed by atoms with Crippen LogP contribution in [0.3, 0.4) is 0 Å². The molecular formula is C16H17ClN2O4. The monoisotopic (exact) mass is 336 g/mol. The number of hydrogen-bond donors (Lipinski definition) is 2. The summed E-state index contributed by atoms with van der Waals surface area (Å²) in [6.45, 7) is 0.465. The molecule has 0 unspecified atom stereocenters. The summed E-state index contributed by atoms with van der Waals surface area (Å²) >= 11 is 6.07. The molecule has 0 atom stereocenters. The fourth-order valence-corrected chi connectivity index (χ4v) is 2.27. The van der Waals surface area contributed by atoms with Gasteiger partial charge in [0.1, 0.15) is 0 Å². The third kappa shape index (κ3) is 5.10. The number of aromatic nitrogens is 1. The maximum Gasteiger partial charge on any atom is 0.303 e. The highest BCUT2D eigenvalue weighted by Crippen LogP contribution is 2.27. The minimum atomic E-state index is -0.802. The van der Waals surface area contributed by atoms with Crippen LogP contribution < -0.4 is 5.32 Å². The Morgan fingerprint density at radius 2 is 2.00 bits per heavy atom. The third-order valence-corrected chi connectivity index (χ3v) is 3.56. The molecule has 2 N–H and O–H groups in total. The highest BCUT2D eigenvalue weighted by atomic mass is 35.5. The summed E-state index contributed by atoms with van der Waals surface area (Å²) in [5.41, 5.74) is 0.861. The Labute approximate surface area is 138 Å². The van der Waals surface area contributed by atoms with E-state index in [1.54, 1.807) is 24.3 Å². The Hall–Kier alpha value is -2.34. The molecule has 0 saturated carbocycles. The molecule has 0 aliphatic carbocycles. The second-order valence-corrected chi connectivity index (χ2v) is 5.42. The van der Waals surface area contributed by atoms with E-state index in [-0.39, 0.29) is 18.0 Å². The lowest BCUT2D eigenvalue weighted by molar-refractivity contribution is -0.137. The fourth-order valence-electron chi connectivity index (χ4n) is 2.04. The number of aliphatic carboxylic acids is 1. The highest BCUT2D eigenvalue weighted by molar-refractivity contribution is 6.33. The standard InChI is InChI=1S/C16H17ClN2O4/c17-12-7-4-3-6-11(12)14-10-13(19-23-14)16(22)18-9-5-1-2-8-15(20)21/h3-4,6-7,10H,1-2,5,8-9H2,(H,18,22)(H,20,21). The van der Waals surface area contributed by atoms with Crippen molar-refractivity contribution in [1.82, 2.24) is 10.5 Å². The molecule has 0 fully saturated rings. The number of unbranched alkanes of at least 4 members (excludes halogenated alkanes) is 2. The zero-order valence-electron chi connectivity index (χ0n) is 12.4. The summed E-state index contributed by atoms with van der Waals surface area (Å²) in [7, 11) is 0. The molecular weight excluding hydrogens is 320 g/mol. The lowest BCUT2D eigenvalue weighted by atomic mass is 10.1. The van der Waals surface area contributed by atoms with Gasteiger partial charge in [-0.25, -0.2) is 0 Å². The SMILES string of the molecule is O=C(O)CCCCCNC(=O)c1cc(-c2ccccc2Cl)on1. The van der Waals surface area contributed by atoms with E-state index in [0.29, 0.717) is 35.7 Å². The van der Waals surface area contributed by atoms with Gasteiger partial charge in [0.05, 0.1) is 5.02 Å². The van der Waals surface area contributed by atoms with Crippen molar-refractivity contribution in [2.75, 3.05) is 6.54 Å². The molecule has 2 aromatic rings. The number of nitrogens with zero attached hydrogens (tertiary/aromatic N) is 1. The van der Waals surface area contributed by atoms with E-state index in [4.69, 9.17) is 21.2 Å². The molecule has 1 amide bonds. The van der Waals surface area contributed by atoms with E-state index in [2.05, 4.69) is 10.5 Å². The number of carboxylic acids is 1. The number of carboxylic acid groups (broad SMARTS) is 1. The van der Waals surface area contributed by atoms with Gasteiger partial charge in [-0.2, -0.15) is 0 Å². The largest absolute Gasteiger partial charge is 0.481 e. The average molecular weight is 337 g/mol. The van der Waals surface area contributed by atoms with Crippen molar-refractivity contribution in [2.24, 2.45) is 0 Å². The molecule has 122 valence electrons. The minimum absolute atomic E-state index is 0.151. The van der Waals surface area contributed by atoms with Gasteiger partial charge in [0.2, 0.25) is 0 Å². The molecule has 1 aromatic carbocycles. The zero-order chi connectivity index (χ0) is 16.7. The molecule has 23 heavy (non-hydrogen) atoms. The number of amides is 1. The lowest BCUT2D eigenvalue weighted by Gasteiger charge is -2.01. The summed E-state index contributed by atoms with van der Waals surface area (Å²) in [5, 5.41) is 15.5. The molecule has 1 aromatic heterocycles. The lowest BCUT2D eigenvalue weighted by Crippen LogP contribution is -2.24. The molecule has 0 radical (unpaired) electrons. The molecule has 7 heteroatoms. The minimum Gasteiger partial charge on any atom is -0.481 e. The Bertz CT molecular complexity index is 684. The quantitative estimate of drug-likeness (QED) is 0.721. The third-order valence-electron chi connectivity index (χ3n) is 3.24. The van der Waals surface area contributed by atoms with Crippen LogP contribution >= 0.6 is 11.6 Å². The van der Waals surface area contributed by atoms with Crippen molar-refractivity contribution in [3.8, 4) is 11.3 Å². The molecule has 1 heterocycles. The van der Waals surface area contributed by atoms with Gasteiger partial charge in [0.15, 0.2) is 11.5 Å². The number of rotatable bonds is 8. The van der Waals surface area contributed by atoms with Crippen LogP contribution in [-0.4, -0.2) is 28.7 Å². The first-order valence-electron chi connectivity index (χ1n) is 7.29. The van der Waals surface area contributed by atoms with E-state index in [1.807, 2.05) is 6.07 Å². The highest BCUT2D eigenvalue weighted by Gasteiger charge is 2.14. The van der Waals surface area contributed by atoms with Gasteiger partial charge < -0.3 is 14.9 Å². The summed E-state index contributed by atoms with van der Waals surface area (Å²) < 4.78 is 5.16. The molecule has 0 bridgehead atoms. The van der Waals surface area contributed by atoms with Crippen LogP contribution in [0, 0.1) is 0 Å². The first kappa shape index (κ1) is 17.0. The number of halogens is 1. The predicted molar refractivity (Wildman–Crippen MR) is 85.4 cm³/mol. The second-order valence-electron chi connectivity index (χ2n) is 5.02. The maximum atomic E-state index is 12.0. The van der Waals surface area contributed by atoms with Crippen molar-refractivity contribution in [1.29, 1.82) is 0 Å². The Morgan fingerprint density at radius 3 is 2.74 bits per heavy atom. The fraction of sp³-hybridized carbons (Fsp3) is 0.312. The number of hydrogen-bond acceptors (Lipinski definition) is 4. The zero-order valence-corrected chi connectivity index (χ0v) is 13.2. The molecule has 0 aliphatic rings. The van der Waals surface area contributed by atoms with Gasteiger partial charge in [0, 0.05) is 24.6 Å². The van der Waals surface area contributed by atoms with Crippen molar-refractivity contribution >= 4 is 23.5 Å². The van der Waals surface area contributed by atoms with E-state index in [9.17, 15) is 9.59 Å². The number of nitrogens with one attached hydrogen (secondary N) is 1. The topological polar surface area (TPSA) is 92.4 Å². The first-order valence-corrected chi connectivity index (χ1v) is 7.67. The molecule has 6 nitrogen and oxygen atoms in total. The van der Waals surface area contributed by atoms with Gasteiger partial charge in [-0.1, -0.05) is 35.3 Å².